The lowest BCUT2D eigenvalue weighted by atomic mass is 10.1. The fourth-order valence-corrected chi connectivity index (χ4v) is 4.38. The first kappa shape index (κ1) is 16.4. The van der Waals surface area contributed by atoms with Crippen LogP contribution in [0.25, 0.3) is 0 Å². The normalized spacial score (nSPS) is 23.4. The fraction of sp³-hybridized carbons (Fsp3) is 0.562. The van der Waals surface area contributed by atoms with Crippen LogP contribution in [0.1, 0.15) is 32.6 Å². The molecule has 2 fully saturated rings. The summed E-state index contributed by atoms with van der Waals surface area (Å²) in [5.41, 5.74) is 0.749. The maximum atomic E-state index is 12.4. The highest BCUT2D eigenvalue weighted by Gasteiger charge is 2.27. The van der Waals surface area contributed by atoms with Crippen molar-refractivity contribution in [2.45, 2.75) is 49.6 Å². The van der Waals surface area contributed by atoms with Crippen molar-refractivity contribution in [1.29, 1.82) is 0 Å². The lowest BCUT2D eigenvalue weighted by Crippen LogP contribution is -2.40. The number of hydrogen-bond acceptors (Lipinski definition) is 4. The molecule has 126 valence electrons. The Morgan fingerprint density at radius 2 is 2.00 bits per heavy atom. The number of benzene rings is 1. The van der Waals surface area contributed by atoms with Crippen LogP contribution in [-0.4, -0.2) is 39.6 Å². The summed E-state index contributed by atoms with van der Waals surface area (Å²) in [7, 11) is -3.58. The molecule has 23 heavy (non-hydrogen) atoms. The lowest BCUT2D eigenvalue weighted by Gasteiger charge is -2.20. The number of anilines is 1. The highest BCUT2D eigenvalue weighted by atomic mass is 32.2. The van der Waals surface area contributed by atoms with Crippen molar-refractivity contribution in [2.24, 2.45) is 0 Å². The molecule has 0 aromatic heterocycles. The highest BCUT2D eigenvalue weighted by Crippen LogP contribution is 2.23. The largest absolute Gasteiger partial charge is 0.377 e. The van der Waals surface area contributed by atoms with E-state index in [2.05, 4.69) is 4.72 Å². The Hall–Kier alpha value is -1.44. The van der Waals surface area contributed by atoms with Crippen LogP contribution in [-0.2, 0) is 19.6 Å². The van der Waals surface area contributed by atoms with Crippen molar-refractivity contribution in [3.8, 4) is 0 Å². The third-order valence-electron chi connectivity index (χ3n) is 4.40. The lowest BCUT2D eigenvalue weighted by molar-refractivity contribution is -0.117. The van der Waals surface area contributed by atoms with Gasteiger partial charge in [-0.2, -0.15) is 0 Å². The average molecular weight is 338 g/mol. The average Bonchev–Trinajstić information content (AvgIpc) is 3.18. The van der Waals surface area contributed by atoms with Crippen molar-refractivity contribution in [2.75, 3.05) is 18.1 Å². The molecular formula is C16H22N2O4S. The van der Waals surface area contributed by atoms with E-state index in [0.29, 0.717) is 19.6 Å². The summed E-state index contributed by atoms with van der Waals surface area (Å²) < 4.78 is 33.1. The molecule has 3 rings (SSSR count). The number of carbonyl (C=O) groups is 1. The standard InChI is InChI=1S/C16H22N2O4S/c1-12(15-4-3-11-22-15)17-23(20,21)14-8-6-13(7-9-14)18-10-2-5-16(18)19/h6-9,12,15,17H,2-5,10-11H2,1H3. The van der Waals surface area contributed by atoms with E-state index in [-0.39, 0.29) is 22.9 Å². The van der Waals surface area contributed by atoms with E-state index in [4.69, 9.17) is 4.74 Å². The molecule has 7 heteroatoms. The third-order valence-corrected chi connectivity index (χ3v) is 5.97. The molecule has 2 saturated heterocycles. The van der Waals surface area contributed by atoms with E-state index in [9.17, 15) is 13.2 Å². The summed E-state index contributed by atoms with van der Waals surface area (Å²) in [6.45, 7) is 3.21. The van der Waals surface area contributed by atoms with E-state index in [1.165, 1.54) is 0 Å². The van der Waals surface area contributed by atoms with Gasteiger partial charge in [0, 0.05) is 31.3 Å². The molecule has 0 bridgehead atoms. The minimum absolute atomic E-state index is 0.0636. The number of amides is 1. The predicted molar refractivity (Wildman–Crippen MR) is 86.8 cm³/mol. The molecule has 2 atom stereocenters. The summed E-state index contributed by atoms with van der Waals surface area (Å²) in [4.78, 5) is 13.6. The minimum atomic E-state index is -3.58. The Labute approximate surface area is 136 Å². The quantitative estimate of drug-likeness (QED) is 0.886. The Kier molecular flexibility index (Phi) is 4.70. The molecule has 2 aliphatic heterocycles. The monoisotopic (exact) mass is 338 g/mol. The van der Waals surface area contributed by atoms with Gasteiger partial charge < -0.3 is 9.64 Å². The van der Waals surface area contributed by atoms with Crippen LogP contribution in [0.5, 0.6) is 0 Å². The predicted octanol–water partition coefficient (Wildman–Crippen LogP) is 1.66. The van der Waals surface area contributed by atoms with Crippen LogP contribution in [0.2, 0.25) is 0 Å². The van der Waals surface area contributed by atoms with Crippen molar-refractivity contribution in [3.05, 3.63) is 24.3 Å². The SMILES string of the molecule is CC(NS(=O)(=O)c1ccc(N2CCCC2=O)cc1)C1CCCO1. The topological polar surface area (TPSA) is 75.7 Å². The van der Waals surface area contributed by atoms with Gasteiger partial charge in [0.1, 0.15) is 0 Å². The molecule has 0 aliphatic carbocycles. The Morgan fingerprint density at radius 3 is 2.57 bits per heavy atom. The number of carbonyl (C=O) groups excluding carboxylic acids is 1. The van der Waals surface area contributed by atoms with Gasteiger partial charge in [0.15, 0.2) is 0 Å². The second kappa shape index (κ2) is 6.59. The zero-order chi connectivity index (χ0) is 16.4. The molecule has 1 N–H and O–H groups in total. The number of nitrogens with zero attached hydrogens (tertiary/aromatic N) is 1. The zero-order valence-corrected chi connectivity index (χ0v) is 14.0. The molecule has 2 unspecified atom stereocenters. The first-order chi connectivity index (χ1) is 11.0. The second-order valence-corrected chi connectivity index (χ2v) is 7.82. The molecule has 2 aliphatic rings. The fourth-order valence-electron chi connectivity index (χ4n) is 3.11. The first-order valence-corrected chi connectivity index (χ1v) is 9.50. The zero-order valence-electron chi connectivity index (χ0n) is 13.2. The number of rotatable bonds is 5. The number of hydrogen-bond donors (Lipinski definition) is 1. The van der Waals surface area contributed by atoms with Gasteiger partial charge in [-0.3, -0.25) is 4.79 Å². The van der Waals surface area contributed by atoms with Crippen molar-refractivity contribution in [1.82, 2.24) is 4.72 Å². The molecule has 0 spiro atoms. The Bertz CT molecular complexity index is 666. The number of nitrogens with one attached hydrogen (secondary N) is 1. The molecule has 1 aromatic carbocycles. The van der Waals surface area contributed by atoms with E-state index < -0.39 is 10.0 Å². The molecule has 2 heterocycles. The van der Waals surface area contributed by atoms with E-state index >= 15 is 0 Å². The molecule has 1 amide bonds. The molecular weight excluding hydrogens is 316 g/mol. The molecule has 0 radical (unpaired) electrons. The number of sulfonamides is 1. The smallest absolute Gasteiger partial charge is 0.240 e. The minimum Gasteiger partial charge on any atom is -0.377 e. The van der Waals surface area contributed by atoms with Crippen LogP contribution < -0.4 is 9.62 Å². The van der Waals surface area contributed by atoms with Crippen LogP contribution in [0.4, 0.5) is 5.69 Å². The van der Waals surface area contributed by atoms with Gasteiger partial charge in [-0.15, -0.1) is 0 Å². The van der Waals surface area contributed by atoms with E-state index in [1.807, 2.05) is 6.92 Å². The van der Waals surface area contributed by atoms with Crippen LogP contribution in [0.15, 0.2) is 29.2 Å². The second-order valence-electron chi connectivity index (χ2n) is 6.10. The van der Waals surface area contributed by atoms with Crippen molar-refractivity contribution >= 4 is 21.6 Å². The van der Waals surface area contributed by atoms with E-state index in [1.54, 1.807) is 29.2 Å². The number of ether oxygens (including phenoxy) is 1. The summed E-state index contributed by atoms with van der Waals surface area (Å²) in [5.74, 6) is 0.0886. The Balaban J connectivity index is 1.71. The van der Waals surface area contributed by atoms with Crippen molar-refractivity contribution in [3.63, 3.8) is 0 Å². The van der Waals surface area contributed by atoms with Gasteiger partial charge in [0.25, 0.3) is 0 Å². The summed E-state index contributed by atoms with van der Waals surface area (Å²) in [6, 6.07) is 6.21. The Morgan fingerprint density at radius 1 is 1.26 bits per heavy atom. The summed E-state index contributed by atoms with van der Waals surface area (Å²) >= 11 is 0. The maximum absolute atomic E-state index is 12.4. The maximum Gasteiger partial charge on any atom is 0.240 e. The van der Waals surface area contributed by atoms with Gasteiger partial charge in [-0.1, -0.05) is 0 Å². The van der Waals surface area contributed by atoms with E-state index in [0.717, 1.165) is 24.9 Å². The molecule has 6 nitrogen and oxygen atoms in total. The van der Waals surface area contributed by atoms with Gasteiger partial charge in [-0.05, 0) is 50.5 Å². The molecule has 1 aromatic rings. The summed E-state index contributed by atoms with van der Waals surface area (Å²) in [6.07, 6.45) is 3.18. The van der Waals surface area contributed by atoms with Crippen molar-refractivity contribution < 1.29 is 17.9 Å². The van der Waals surface area contributed by atoms with Crippen LogP contribution in [0.3, 0.4) is 0 Å². The highest BCUT2D eigenvalue weighted by molar-refractivity contribution is 7.89. The van der Waals surface area contributed by atoms with Crippen LogP contribution in [0, 0.1) is 0 Å². The molecule has 0 saturated carbocycles. The summed E-state index contributed by atoms with van der Waals surface area (Å²) in [5, 5.41) is 0. The van der Waals surface area contributed by atoms with Crippen LogP contribution >= 0.6 is 0 Å². The first-order valence-electron chi connectivity index (χ1n) is 8.02. The van der Waals surface area contributed by atoms with Gasteiger partial charge in [0.05, 0.1) is 11.0 Å². The van der Waals surface area contributed by atoms with Gasteiger partial charge in [0.2, 0.25) is 15.9 Å². The third kappa shape index (κ3) is 3.57. The van der Waals surface area contributed by atoms with Gasteiger partial charge >= 0.3 is 0 Å². The van der Waals surface area contributed by atoms with Gasteiger partial charge in [-0.25, -0.2) is 13.1 Å².